The van der Waals surface area contributed by atoms with Crippen molar-refractivity contribution in [1.29, 1.82) is 0 Å². The normalized spacial score (nSPS) is 10.6. The molecule has 0 unspecified atom stereocenters. The summed E-state index contributed by atoms with van der Waals surface area (Å²) in [5.41, 5.74) is 1.93. The number of nitrogens with zero attached hydrogens (tertiary/aromatic N) is 1. The Labute approximate surface area is 203 Å². The molecule has 0 aliphatic carbocycles. The van der Waals surface area contributed by atoms with Crippen molar-refractivity contribution < 1.29 is 19.1 Å². The van der Waals surface area contributed by atoms with Crippen LogP contribution in [0.2, 0.25) is 10.0 Å². The summed E-state index contributed by atoms with van der Waals surface area (Å²) in [5, 5.41) is 8.81. The zero-order chi connectivity index (χ0) is 24.4. The topological polar surface area (TPSA) is 99.8 Å². The van der Waals surface area contributed by atoms with Gasteiger partial charge in [-0.2, -0.15) is 0 Å². The first-order valence-corrected chi connectivity index (χ1v) is 11.2. The number of hydrogen-bond donors (Lipinski definition) is 3. The molecule has 2 aromatic carbocycles. The summed E-state index contributed by atoms with van der Waals surface area (Å²) < 4.78 is 5.24. The van der Waals surface area contributed by atoms with Crippen LogP contribution < -0.4 is 20.7 Å². The lowest BCUT2D eigenvalue weighted by molar-refractivity contribution is -0.125. The molecule has 10 heteroatoms. The average Bonchev–Trinajstić information content (AvgIpc) is 2.74. The van der Waals surface area contributed by atoms with Gasteiger partial charge in [-0.05, 0) is 55.8 Å². The molecule has 0 saturated heterocycles. The van der Waals surface area contributed by atoms with Gasteiger partial charge in [0.15, 0.2) is 0 Å². The van der Waals surface area contributed by atoms with E-state index in [1.807, 2.05) is 19.9 Å². The zero-order valence-electron chi connectivity index (χ0n) is 18.8. The average molecular weight is 495 g/mol. The smallest absolute Gasteiger partial charge is 0.243 e. The quantitative estimate of drug-likeness (QED) is 0.442. The van der Waals surface area contributed by atoms with Crippen LogP contribution in [0, 0.1) is 6.92 Å². The summed E-state index contributed by atoms with van der Waals surface area (Å²) in [4.78, 5) is 38.7. The summed E-state index contributed by atoms with van der Waals surface area (Å²) in [6.45, 7) is 4.13. The molecule has 0 spiro atoms. The Balaban J connectivity index is 1.86. The molecule has 33 heavy (non-hydrogen) atoms. The number of amides is 3. The van der Waals surface area contributed by atoms with Gasteiger partial charge >= 0.3 is 0 Å². The summed E-state index contributed by atoms with van der Waals surface area (Å²) in [5.74, 6) is -0.539. The number of halogens is 2. The first-order valence-electron chi connectivity index (χ1n) is 10.4. The highest BCUT2D eigenvalue weighted by atomic mass is 35.5. The monoisotopic (exact) mass is 494 g/mol. The summed E-state index contributed by atoms with van der Waals surface area (Å²) in [6.07, 6.45) is 0.746. The molecule has 178 valence electrons. The molecule has 3 amide bonds. The van der Waals surface area contributed by atoms with Gasteiger partial charge in [0.1, 0.15) is 5.75 Å². The molecule has 2 aromatic rings. The van der Waals surface area contributed by atoms with Crippen molar-refractivity contribution in [2.45, 2.75) is 20.3 Å². The molecule has 0 aromatic heterocycles. The van der Waals surface area contributed by atoms with E-state index in [0.29, 0.717) is 33.7 Å². The number of rotatable bonds is 11. The molecule has 0 heterocycles. The van der Waals surface area contributed by atoms with Crippen molar-refractivity contribution in [2.75, 3.05) is 43.9 Å². The Bertz CT molecular complexity index is 1000. The van der Waals surface area contributed by atoms with Crippen molar-refractivity contribution in [2.24, 2.45) is 0 Å². The van der Waals surface area contributed by atoms with Crippen LogP contribution in [-0.4, -0.2) is 55.9 Å². The minimum absolute atomic E-state index is 0.00704. The van der Waals surface area contributed by atoms with Crippen LogP contribution in [0.3, 0.4) is 0 Å². The number of methoxy groups -OCH3 is 1. The lowest BCUT2D eigenvalue weighted by atomic mass is 10.2. The summed E-state index contributed by atoms with van der Waals surface area (Å²) in [7, 11) is 1.52. The van der Waals surface area contributed by atoms with Crippen LogP contribution in [0.1, 0.15) is 18.9 Å². The molecule has 0 aliphatic rings. The van der Waals surface area contributed by atoms with Crippen LogP contribution in [0.5, 0.6) is 5.75 Å². The van der Waals surface area contributed by atoms with Gasteiger partial charge in [0.05, 0.1) is 43.1 Å². The van der Waals surface area contributed by atoms with Gasteiger partial charge in [-0.25, -0.2) is 0 Å². The highest BCUT2D eigenvalue weighted by molar-refractivity contribution is 6.36. The van der Waals surface area contributed by atoms with Crippen molar-refractivity contribution in [3.8, 4) is 5.75 Å². The van der Waals surface area contributed by atoms with E-state index in [9.17, 15) is 14.4 Å². The fourth-order valence-electron chi connectivity index (χ4n) is 3.07. The zero-order valence-corrected chi connectivity index (χ0v) is 20.3. The molecular formula is C23H28Cl2N4O4. The molecule has 0 aliphatic heterocycles. The van der Waals surface area contributed by atoms with E-state index in [-0.39, 0.29) is 37.4 Å². The van der Waals surface area contributed by atoms with E-state index in [1.165, 1.54) is 13.2 Å². The van der Waals surface area contributed by atoms with Gasteiger partial charge in [0, 0.05) is 5.02 Å². The van der Waals surface area contributed by atoms with E-state index < -0.39 is 0 Å². The van der Waals surface area contributed by atoms with Gasteiger partial charge in [-0.1, -0.05) is 36.2 Å². The summed E-state index contributed by atoms with van der Waals surface area (Å²) in [6, 6.07) is 10.2. The van der Waals surface area contributed by atoms with Gasteiger partial charge in [-0.3, -0.25) is 19.3 Å². The second-order valence-corrected chi connectivity index (χ2v) is 8.26. The van der Waals surface area contributed by atoms with E-state index in [1.54, 1.807) is 29.2 Å². The number of hydrogen-bond acceptors (Lipinski definition) is 5. The van der Waals surface area contributed by atoms with Crippen molar-refractivity contribution in [3.05, 3.63) is 52.0 Å². The minimum atomic E-state index is -0.385. The molecule has 0 fully saturated rings. The lowest BCUT2D eigenvalue weighted by Gasteiger charge is -2.21. The van der Waals surface area contributed by atoms with E-state index in [4.69, 9.17) is 27.9 Å². The number of aryl methyl sites for hydroxylation is 1. The number of ether oxygens (including phenoxy) is 1. The van der Waals surface area contributed by atoms with Crippen LogP contribution in [0.15, 0.2) is 36.4 Å². The Morgan fingerprint density at radius 1 is 0.939 bits per heavy atom. The van der Waals surface area contributed by atoms with Crippen LogP contribution in [0.4, 0.5) is 11.4 Å². The molecule has 8 nitrogen and oxygen atoms in total. The van der Waals surface area contributed by atoms with E-state index >= 15 is 0 Å². The maximum atomic E-state index is 12.4. The molecule has 0 radical (unpaired) electrons. The van der Waals surface area contributed by atoms with Crippen molar-refractivity contribution in [3.63, 3.8) is 0 Å². The molecular weight excluding hydrogens is 467 g/mol. The Morgan fingerprint density at radius 3 is 2.30 bits per heavy atom. The van der Waals surface area contributed by atoms with Gasteiger partial charge in [0.2, 0.25) is 17.7 Å². The largest absolute Gasteiger partial charge is 0.495 e. The van der Waals surface area contributed by atoms with Crippen molar-refractivity contribution >= 4 is 52.3 Å². The third kappa shape index (κ3) is 8.92. The molecule has 0 atom stereocenters. The van der Waals surface area contributed by atoms with Gasteiger partial charge in [0.25, 0.3) is 0 Å². The third-order valence-electron chi connectivity index (χ3n) is 4.55. The second kappa shape index (κ2) is 13.0. The molecule has 0 saturated carbocycles. The summed E-state index contributed by atoms with van der Waals surface area (Å²) >= 11 is 12.0. The fourth-order valence-corrected chi connectivity index (χ4v) is 3.52. The fraction of sp³-hybridized carbons (Fsp3) is 0.348. The highest BCUT2D eigenvalue weighted by Gasteiger charge is 2.16. The highest BCUT2D eigenvalue weighted by Crippen LogP contribution is 2.26. The number of nitrogens with one attached hydrogen (secondary N) is 3. The first kappa shape index (κ1) is 26.4. The van der Waals surface area contributed by atoms with Crippen LogP contribution in [-0.2, 0) is 14.4 Å². The maximum Gasteiger partial charge on any atom is 0.243 e. The van der Waals surface area contributed by atoms with Crippen LogP contribution >= 0.6 is 23.2 Å². The molecule has 3 N–H and O–H groups in total. The SMILES string of the molecule is CCCN(CC(=O)NCC(=O)Nc1cc(C)ccc1OC)CC(=O)Nc1ccc(Cl)cc1Cl. The number of benzene rings is 2. The number of carbonyl (C=O) groups excluding carboxylic acids is 3. The van der Waals surface area contributed by atoms with E-state index in [2.05, 4.69) is 16.0 Å². The first-order chi connectivity index (χ1) is 15.7. The minimum Gasteiger partial charge on any atom is -0.495 e. The molecule has 2 rings (SSSR count). The maximum absolute atomic E-state index is 12.4. The number of carbonyl (C=O) groups is 3. The second-order valence-electron chi connectivity index (χ2n) is 7.41. The number of anilines is 2. The van der Waals surface area contributed by atoms with E-state index in [0.717, 1.165) is 12.0 Å². The van der Waals surface area contributed by atoms with Crippen LogP contribution in [0.25, 0.3) is 0 Å². The van der Waals surface area contributed by atoms with Gasteiger partial charge < -0.3 is 20.7 Å². The lowest BCUT2D eigenvalue weighted by Crippen LogP contribution is -2.43. The Morgan fingerprint density at radius 2 is 1.64 bits per heavy atom. The third-order valence-corrected chi connectivity index (χ3v) is 5.10. The predicted molar refractivity (Wildman–Crippen MR) is 131 cm³/mol. The Kier molecular flexibility index (Phi) is 10.4. The Hall–Kier alpha value is -2.81. The van der Waals surface area contributed by atoms with Crippen molar-refractivity contribution in [1.82, 2.24) is 10.2 Å². The predicted octanol–water partition coefficient (Wildman–Crippen LogP) is 3.72. The van der Waals surface area contributed by atoms with Gasteiger partial charge in [-0.15, -0.1) is 0 Å². The standard InChI is InChI=1S/C23H28Cl2N4O4/c1-4-9-29(14-23(32)27-18-7-6-16(24)11-17(18)25)13-22(31)26-12-21(30)28-19-10-15(2)5-8-20(19)33-3/h5-8,10-11H,4,9,12-14H2,1-3H3,(H,26,31)(H,27,32)(H,28,30). The molecule has 0 bridgehead atoms.